The largest absolute Gasteiger partial charge is 0.495 e. The zero-order chi connectivity index (χ0) is 25.5. The highest BCUT2D eigenvalue weighted by atomic mass is 79.9. The van der Waals surface area contributed by atoms with Crippen LogP contribution in [0, 0.1) is 0 Å². The lowest BCUT2D eigenvalue weighted by Gasteiger charge is -2.32. The molecule has 34 heavy (non-hydrogen) atoms. The smallest absolute Gasteiger partial charge is 0.244 e. The lowest BCUT2D eigenvalue weighted by atomic mass is 10.1. The van der Waals surface area contributed by atoms with Crippen LogP contribution in [0.25, 0.3) is 0 Å². The first kappa shape index (κ1) is 27.9. The number of benzene rings is 2. The van der Waals surface area contributed by atoms with E-state index >= 15 is 0 Å². The lowest BCUT2D eigenvalue weighted by molar-refractivity contribution is -0.139. The lowest BCUT2D eigenvalue weighted by Crippen LogP contribution is -2.51. The first-order valence-corrected chi connectivity index (χ1v) is 13.6. The van der Waals surface area contributed by atoms with Gasteiger partial charge in [-0.2, -0.15) is 0 Å². The van der Waals surface area contributed by atoms with Gasteiger partial charge in [0.25, 0.3) is 0 Å². The highest BCUT2D eigenvalue weighted by Gasteiger charge is 2.31. The van der Waals surface area contributed by atoms with Crippen molar-refractivity contribution in [2.45, 2.75) is 32.9 Å². The Morgan fingerprint density at radius 1 is 1.18 bits per heavy atom. The van der Waals surface area contributed by atoms with Gasteiger partial charge in [0.1, 0.15) is 18.3 Å². The van der Waals surface area contributed by atoms with Crippen molar-refractivity contribution in [1.82, 2.24) is 10.2 Å². The molecule has 1 N–H and O–H groups in total. The Labute approximate surface area is 214 Å². The van der Waals surface area contributed by atoms with Crippen LogP contribution in [0.2, 0.25) is 5.02 Å². The number of halogens is 2. The normalized spacial score (nSPS) is 12.1. The summed E-state index contributed by atoms with van der Waals surface area (Å²) in [5.74, 6) is -0.621. The van der Waals surface area contributed by atoms with E-state index in [1.807, 2.05) is 31.2 Å². The van der Waals surface area contributed by atoms with E-state index in [0.29, 0.717) is 6.54 Å². The fraction of sp³-hybridized carbons (Fsp3) is 0.391. The third-order valence-corrected chi connectivity index (χ3v) is 6.96. The highest BCUT2D eigenvalue weighted by molar-refractivity contribution is 9.10. The van der Waals surface area contributed by atoms with Crippen molar-refractivity contribution in [3.8, 4) is 5.75 Å². The van der Waals surface area contributed by atoms with Crippen molar-refractivity contribution in [3.63, 3.8) is 0 Å². The topological polar surface area (TPSA) is 96.0 Å². The van der Waals surface area contributed by atoms with Crippen LogP contribution in [0.5, 0.6) is 5.75 Å². The number of nitrogens with one attached hydrogen (secondary N) is 1. The summed E-state index contributed by atoms with van der Waals surface area (Å²) in [6.07, 6.45) is 1.74. The van der Waals surface area contributed by atoms with Crippen LogP contribution in [0.15, 0.2) is 46.9 Å². The van der Waals surface area contributed by atoms with Gasteiger partial charge < -0.3 is 15.0 Å². The van der Waals surface area contributed by atoms with Crippen molar-refractivity contribution in [2.24, 2.45) is 0 Å². The summed E-state index contributed by atoms with van der Waals surface area (Å²) in [7, 11) is -2.50. The predicted octanol–water partition coefficient (Wildman–Crippen LogP) is 3.82. The van der Waals surface area contributed by atoms with E-state index in [2.05, 4.69) is 21.2 Å². The maximum Gasteiger partial charge on any atom is 0.244 e. The zero-order valence-electron chi connectivity index (χ0n) is 19.5. The molecule has 2 amide bonds. The Balaban J connectivity index is 2.43. The third-order valence-electron chi connectivity index (χ3n) is 5.07. The molecule has 0 saturated carbocycles. The number of amides is 2. The van der Waals surface area contributed by atoms with Gasteiger partial charge in [-0.3, -0.25) is 13.9 Å². The van der Waals surface area contributed by atoms with Crippen LogP contribution in [0.1, 0.15) is 25.8 Å². The number of nitrogens with zero attached hydrogens (tertiary/aromatic N) is 2. The molecule has 0 fully saturated rings. The standard InChI is InChI=1S/C23H29BrClN3O5S/c1-5-12-26-23(30)16(2)27(14-17-6-8-18(24)9-7-17)22(29)15-28(34(4,31)32)20-13-19(25)10-11-21(20)33-3/h6-11,13,16H,5,12,14-15H2,1-4H3,(H,26,30)/t16-/m0/s1. The number of ether oxygens (including phenoxy) is 1. The SMILES string of the molecule is CCCNC(=O)[C@H](C)N(Cc1ccc(Br)cc1)C(=O)CN(c1cc(Cl)ccc1OC)S(C)(=O)=O. The Bertz CT molecular complexity index is 1110. The number of methoxy groups -OCH3 is 1. The van der Waals surface area contributed by atoms with E-state index < -0.39 is 28.5 Å². The predicted molar refractivity (Wildman–Crippen MR) is 138 cm³/mol. The molecule has 2 rings (SSSR count). The van der Waals surface area contributed by atoms with Crippen molar-refractivity contribution in [3.05, 3.63) is 57.5 Å². The molecule has 186 valence electrons. The fourth-order valence-electron chi connectivity index (χ4n) is 3.22. The van der Waals surface area contributed by atoms with Gasteiger partial charge in [-0.05, 0) is 49.2 Å². The summed E-state index contributed by atoms with van der Waals surface area (Å²) in [6, 6.07) is 11.0. The van der Waals surface area contributed by atoms with E-state index in [1.165, 1.54) is 24.1 Å². The number of carbonyl (C=O) groups is 2. The van der Waals surface area contributed by atoms with E-state index in [4.69, 9.17) is 16.3 Å². The molecule has 2 aromatic carbocycles. The van der Waals surface area contributed by atoms with Gasteiger partial charge in [-0.15, -0.1) is 0 Å². The molecule has 8 nitrogen and oxygen atoms in total. The van der Waals surface area contributed by atoms with Crippen molar-refractivity contribution < 1.29 is 22.7 Å². The van der Waals surface area contributed by atoms with E-state index in [-0.39, 0.29) is 28.9 Å². The van der Waals surface area contributed by atoms with Gasteiger partial charge in [0.15, 0.2) is 0 Å². The summed E-state index contributed by atoms with van der Waals surface area (Å²) >= 11 is 9.48. The van der Waals surface area contributed by atoms with Gasteiger partial charge >= 0.3 is 0 Å². The molecule has 0 bridgehead atoms. The Morgan fingerprint density at radius 3 is 2.38 bits per heavy atom. The van der Waals surface area contributed by atoms with E-state index in [0.717, 1.165) is 27.0 Å². The van der Waals surface area contributed by atoms with Crippen LogP contribution < -0.4 is 14.4 Å². The number of rotatable bonds is 11. The highest BCUT2D eigenvalue weighted by Crippen LogP contribution is 2.33. The average molecular weight is 575 g/mol. The zero-order valence-corrected chi connectivity index (χ0v) is 22.7. The number of hydrogen-bond acceptors (Lipinski definition) is 5. The van der Waals surface area contributed by atoms with E-state index in [1.54, 1.807) is 13.0 Å². The summed E-state index contributed by atoms with van der Waals surface area (Å²) in [5.41, 5.74) is 0.926. The Morgan fingerprint density at radius 2 is 1.82 bits per heavy atom. The number of carbonyl (C=O) groups excluding carboxylic acids is 2. The number of sulfonamides is 1. The van der Waals surface area contributed by atoms with Gasteiger partial charge in [0.2, 0.25) is 21.8 Å². The molecule has 2 aromatic rings. The van der Waals surface area contributed by atoms with Crippen LogP contribution in [-0.4, -0.2) is 57.6 Å². The van der Waals surface area contributed by atoms with Crippen LogP contribution >= 0.6 is 27.5 Å². The summed E-state index contributed by atoms with van der Waals surface area (Å²) in [6.45, 7) is 3.61. The van der Waals surface area contributed by atoms with Crippen molar-refractivity contribution in [2.75, 3.05) is 30.8 Å². The minimum atomic E-state index is -3.89. The second-order valence-electron chi connectivity index (χ2n) is 7.70. The summed E-state index contributed by atoms with van der Waals surface area (Å²) in [4.78, 5) is 27.6. The molecule has 0 aliphatic rings. The summed E-state index contributed by atoms with van der Waals surface area (Å²) < 4.78 is 32.5. The maximum atomic E-state index is 13.5. The molecule has 0 spiro atoms. The molecule has 11 heteroatoms. The van der Waals surface area contributed by atoms with Gasteiger partial charge in [-0.1, -0.05) is 46.6 Å². The third kappa shape index (κ3) is 7.61. The Hall–Kier alpha value is -2.30. The molecule has 0 radical (unpaired) electrons. The molecule has 0 saturated heterocycles. The minimum Gasteiger partial charge on any atom is -0.495 e. The van der Waals surface area contributed by atoms with Gasteiger partial charge in [-0.25, -0.2) is 8.42 Å². The summed E-state index contributed by atoms with van der Waals surface area (Å²) in [5, 5.41) is 3.08. The van der Waals surface area contributed by atoms with Gasteiger partial charge in [0.05, 0.1) is 19.1 Å². The molecular formula is C23H29BrClN3O5S. The molecule has 0 unspecified atom stereocenters. The molecule has 0 aliphatic heterocycles. The average Bonchev–Trinajstić information content (AvgIpc) is 2.79. The minimum absolute atomic E-state index is 0.122. The quantitative estimate of drug-likeness (QED) is 0.440. The van der Waals surface area contributed by atoms with Crippen LogP contribution in [0.4, 0.5) is 5.69 Å². The van der Waals surface area contributed by atoms with Crippen LogP contribution in [0.3, 0.4) is 0 Å². The molecule has 0 heterocycles. The monoisotopic (exact) mass is 573 g/mol. The maximum absolute atomic E-state index is 13.5. The molecule has 0 aromatic heterocycles. The first-order chi connectivity index (χ1) is 16.0. The second kappa shape index (κ2) is 12.4. The second-order valence-corrected chi connectivity index (χ2v) is 11.0. The van der Waals surface area contributed by atoms with Crippen molar-refractivity contribution in [1.29, 1.82) is 0 Å². The first-order valence-electron chi connectivity index (χ1n) is 10.6. The molecular weight excluding hydrogens is 546 g/mol. The molecule has 0 aliphatic carbocycles. The van der Waals surface area contributed by atoms with Crippen LogP contribution in [-0.2, 0) is 26.2 Å². The number of hydrogen-bond donors (Lipinski definition) is 1. The molecule has 1 atom stereocenters. The van der Waals surface area contributed by atoms with E-state index in [9.17, 15) is 18.0 Å². The van der Waals surface area contributed by atoms with Gasteiger partial charge in [0, 0.05) is 22.6 Å². The van der Waals surface area contributed by atoms with Crippen molar-refractivity contribution >= 4 is 55.1 Å². The Kier molecular flexibility index (Phi) is 10.2. The number of anilines is 1. The fourth-order valence-corrected chi connectivity index (χ4v) is 4.49.